The van der Waals surface area contributed by atoms with E-state index in [1.54, 1.807) is 54.6 Å². The summed E-state index contributed by atoms with van der Waals surface area (Å²) in [6.45, 7) is 2.31. The van der Waals surface area contributed by atoms with E-state index in [0.29, 0.717) is 40.1 Å². The summed E-state index contributed by atoms with van der Waals surface area (Å²) < 4.78 is 11.7. The van der Waals surface area contributed by atoms with Crippen molar-refractivity contribution in [2.24, 2.45) is 0 Å². The van der Waals surface area contributed by atoms with Gasteiger partial charge in [-0.1, -0.05) is 34.1 Å². The average molecular weight is 465 g/mol. The molecule has 0 aliphatic heterocycles. The van der Waals surface area contributed by atoms with Crippen LogP contribution < -0.4 is 15.7 Å². The van der Waals surface area contributed by atoms with Gasteiger partial charge in [0.2, 0.25) is 5.89 Å². The van der Waals surface area contributed by atoms with Crippen molar-refractivity contribution < 1.29 is 13.9 Å². The Hall–Kier alpha value is -3.45. The van der Waals surface area contributed by atoms with Crippen molar-refractivity contribution in [1.82, 2.24) is 4.98 Å². The topological polar surface area (TPSA) is 81.4 Å². The van der Waals surface area contributed by atoms with Gasteiger partial charge >= 0.3 is 5.63 Å². The Morgan fingerprint density at radius 1 is 1.10 bits per heavy atom. The molecule has 1 N–H and O–H groups in total. The lowest BCUT2D eigenvalue weighted by Gasteiger charge is -2.12. The molecule has 6 nitrogen and oxygen atoms in total. The van der Waals surface area contributed by atoms with Crippen LogP contribution in [0, 0.1) is 0 Å². The van der Waals surface area contributed by atoms with Gasteiger partial charge in [0.15, 0.2) is 0 Å². The quantitative estimate of drug-likeness (QED) is 0.435. The third-order valence-electron chi connectivity index (χ3n) is 4.39. The van der Waals surface area contributed by atoms with Gasteiger partial charge in [0.1, 0.15) is 5.75 Å². The van der Waals surface area contributed by atoms with E-state index in [2.05, 4.69) is 26.2 Å². The van der Waals surface area contributed by atoms with E-state index in [4.69, 9.17) is 9.15 Å². The van der Waals surface area contributed by atoms with Crippen LogP contribution in [0.25, 0.3) is 22.4 Å². The van der Waals surface area contributed by atoms with E-state index in [1.807, 2.05) is 19.1 Å². The number of carbonyl (C=O) groups excluding carboxylic acids is 1. The second kappa shape index (κ2) is 8.51. The lowest BCUT2D eigenvalue weighted by atomic mass is 10.1. The monoisotopic (exact) mass is 464 g/mol. The maximum Gasteiger partial charge on any atom is 0.347 e. The van der Waals surface area contributed by atoms with Crippen LogP contribution in [0.4, 0.5) is 5.69 Å². The van der Waals surface area contributed by atoms with E-state index in [-0.39, 0.29) is 11.8 Å². The zero-order chi connectivity index (χ0) is 21.1. The van der Waals surface area contributed by atoms with Crippen LogP contribution in [0.5, 0.6) is 5.75 Å². The molecule has 0 aliphatic carbocycles. The number of hydrogen-bond donors (Lipinski definition) is 1. The van der Waals surface area contributed by atoms with Crippen LogP contribution >= 0.6 is 15.9 Å². The number of nitrogens with one attached hydrogen (secondary N) is 1. The number of halogens is 1. The molecule has 30 heavy (non-hydrogen) atoms. The molecule has 0 unspecified atom stereocenters. The number of anilines is 1. The van der Waals surface area contributed by atoms with Crippen LogP contribution in [0.2, 0.25) is 0 Å². The number of rotatable bonds is 5. The third-order valence-corrected chi connectivity index (χ3v) is 4.88. The third kappa shape index (κ3) is 4.11. The lowest BCUT2D eigenvalue weighted by molar-refractivity contribution is 0.102. The minimum Gasteiger partial charge on any atom is -0.493 e. The van der Waals surface area contributed by atoms with Crippen molar-refractivity contribution in [2.45, 2.75) is 6.92 Å². The van der Waals surface area contributed by atoms with Crippen LogP contribution in [-0.2, 0) is 0 Å². The normalized spacial score (nSPS) is 10.7. The number of nitrogens with zero attached hydrogens (tertiary/aromatic N) is 1. The van der Waals surface area contributed by atoms with Crippen molar-refractivity contribution in [3.8, 4) is 17.2 Å². The van der Waals surface area contributed by atoms with E-state index in [9.17, 15) is 9.59 Å². The van der Waals surface area contributed by atoms with Gasteiger partial charge < -0.3 is 14.5 Å². The summed E-state index contributed by atoms with van der Waals surface area (Å²) in [6, 6.07) is 19.2. The second-order valence-corrected chi connectivity index (χ2v) is 7.35. The maximum atomic E-state index is 12.8. The van der Waals surface area contributed by atoms with E-state index >= 15 is 0 Å². The first-order valence-corrected chi connectivity index (χ1v) is 10.1. The highest BCUT2D eigenvalue weighted by molar-refractivity contribution is 9.10. The molecule has 1 heterocycles. The van der Waals surface area contributed by atoms with Crippen molar-refractivity contribution in [3.05, 3.63) is 87.2 Å². The number of ether oxygens (including phenoxy) is 1. The summed E-state index contributed by atoms with van der Waals surface area (Å²) in [6.07, 6.45) is 0. The fraction of sp³-hybridized carbons (Fsp3) is 0.0870. The molecule has 4 rings (SSSR count). The number of aromatic nitrogens is 1. The number of hydrogen-bond acceptors (Lipinski definition) is 5. The molecule has 0 atom stereocenters. The van der Waals surface area contributed by atoms with Crippen molar-refractivity contribution in [1.29, 1.82) is 0 Å². The van der Waals surface area contributed by atoms with Gasteiger partial charge in [-0.2, -0.15) is 0 Å². The number of fused-ring (bicyclic) bond motifs is 1. The standard InChI is InChI=1S/C23H17BrN2O4/c1-2-29-20-11-10-15(24)13-18(20)21(27)25-16-7-5-6-14(12-16)22-26-19-9-4-3-8-17(19)23(28)30-22/h3-13H,2H2,1H3,(H,25,27). The zero-order valence-corrected chi connectivity index (χ0v) is 17.6. The predicted molar refractivity (Wildman–Crippen MR) is 119 cm³/mol. The van der Waals surface area contributed by atoms with Gasteiger partial charge in [-0.25, -0.2) is 9.78 Å². The fourth-order valence-corrected chi connectivity index (χ4v) is 3.39. The Morgan fingerprint density at radius 2 is 1.93 bits per heavy atom. The van der Waals surface area contributed by atoms with Gasteiger partial charge in [0.05, 0.1) is 23.1 Å². The highest BCUT2D eigenvalue weighted by atomic mass is 79.9. The van der Waals surface area contributed by atoms with Gasteiger partial charge in [0.25, 0.3) is 5.91 Å². The van der Waals surface area contributed by atoms with Gasteiger partial charge in [-0.3, -0.25) is 4.79 Å². The van der Waals surface area contributed by atoms with Crippen molar-refractivity contribution >= 4 is 38.4 Å². The first kappa shape index (κ1) is 19.8. The maximum absolute atomic E-state index is 12.8. The Labute approximate surface area is 180 Å². The lowest BCUT2D eigenvalue weighted by Crippen LogP contribution is -2.14. The molecule has 0 fully saturated rings. The highest BCUT2D eigenvalue weighted by Crippen LogP contribution is 2.26. The predicted octanol–water partition coefficient (Wildman–Crippen LogP) is 5.27. The summed E-state index contributed by atoms with van der Waals surface area (Å²) in [5.41, 5.74) is 1.62. The molecule has 0 radical (unpaired) electrons. The molecule has 0 saturated heterocycles. The van der Waals surface area contributed by atoms with Crippen molar-refractivity contribution in [2.75, 3.05) is 11.9 Å². The van der Waals surface area contributed by atoms with Gasteiger partial charge in [-0.15, -0.1) is 0 Å². The van der Waals surface area contributed by atoms with Gasteiger partial charge in [-0.05, 0) is 55.5 Å². The van der Waals surface area contributed by atoms with Gasteiger partial charge in [0, 0.05) is 15.7 Å². The summed E-state index contributed by atoms with van der Waals surface area (Å²) in [7, 11) is 0. The van der Waals surface area contributed by atoms with Crippen LogP contribution in [0.3, 0.4) is 0 Å². The molecule has 3 aromatic carbocycles. The molecule has 0 saturated carbocycles. The molecular formula is C23H17BrN2O4. The summed E-state index contributed by atoms with van der Waals surface area (Å²) in [4.78, 5) is 29.5. The Bertz CT molecular complexity index is 1300. The number of benzene rings is 3. The van der Waals surface area contributed by atoms with Crippen LogP contribution in [-0.4, -0.2) is 17.5 Å². The summed E-state index contributed by atoms with van der Waals surface area (Å²) in [5.74, 6) is 0.369. The van der Waals surface area contributed by atoms with Crippen LogP contribution in [0.15, 0.2) is 80.4 Å². The molecule has 0 spiro atoms. The highest BCUT2D eigenvalue weighted by Gasteiger charge is 2.15. The fourth-order valence-electron chi connectivity index (χ4n) is 3.03. The number of para-hydroxylation sites is 1. The molecule has 1 amide bonds. The SMILES string of the molecule is CCOc1ccc(Br)cc1C(=O)Nc1cccc(-c2nc3ccccc3c(=O)o2)c1. The molecule has 1 aromatic heterocycles. The molecule has 150 valence electrons. The average Bonchev–Trinajstić information content (AvgIpc) is 2.75. The smallest absolute Gasteiger partial charge is 0.347 e. The first-order chi connectivity index (χ1) is 14.5. The van der Waals surface area contributed by atoms with E-state index in [1.165, 1.54) is 0 Å². The molecule has 0 aliphatic rings. The molecule has 0 bridgehead atoms. The Kier molecular flexibility index (Phi) is 5.63. The minimum atomic E-state index is -0.458. The van der Waals surface area contributed by atoms with E-state index in [0.717, 1.165) is 4.47 Å². The first-order valence-electron chi connectivity index (χ1n) is 9.29. The van der Waals surface area contributed by atoms with Crippen LogP contribution in [0.1, 0.15) is 17.3 Å². The number of carbonyl (C=O) groups is 1. The zero-order valence-electron chi connectivity index (χ0n) is 16.0. The largest absolute Gasteiger partial charge is 0.493 e. The Balaban J connectivity index is 1.66. The van der Waals surface area contributed by atoms with Crippen molar-refractivity contribution in [3.63, 3.8) is 0 Å². The second-order valence-electron chi connectivity index (χ2n) is 6.43. The summed E-state index contributed by atoms with van der Waals surface area (Å²) >= 11 is 3.38. The molecule has 4 aromatic rings. The Morgan fingerprint density at radius 3 is 2.77 bits per heavy atom. The number of amides is 1. The molecular weight excluding hydrogens is 448 g/mol. The summed E-state index contributed by atoms with van der Waals surface area (Å²) in [5, 5.41) is 3.28. The minimum absolute atomic E-state index is 0.187. The van der Waals surface area contributed by atoms with E-state index < -0.39 is 5.63 Å². The molecule has 7 heteroatoms.